The summed E-state index contributed by atoms with van der Waals surface area (Å²) in [6.45, 7) is 0. The van der Waals surface area contributed by atoms with Crippen LogP contribution in [-0.2, 0) is 0 Å². The van der Waals surface area contributed by atoms with E-state index in [1.54, 1.807) is 12.1 Å². The van der Waals surface area contributed by atoms with Crippen molar-refractivity contribution in [3.8, 4) is 0 Å². The smallest absolute Gasteiger partial charge is 0.143 e. The Morgan fingerprint density at radius 3 is 2.86 bits per heavy atom. The molecule has 0 aliphatic rings. The van der Waals surface area contributed by atoms with E-state index < -0.39 is 5.82 Å². The molecule has 0 bridgehead atoms. The number of hydrogen-bond acceptors (Lipinski definition) is 3. The first-order valence-electron chi connectivity index (χ1n) is 3.93. The van der Waals surface area contributed by atoms with E-state index in [1.807, 2.05) is 0 Å². The number of hydrogen-bond donors (Lipinski definition) is 2. The lowest BCUT2D eigenvalue weighted by molar-refractivity contribution is 0.630. The number of nitrogen functional groups attached to an aromatic ring is 1. The summed E-state index contributed by atoms with van der Waals surface area (Å²) in [5.41, 5.74) is 2.90. The molecule has 2 rings (SSSR count). The van der Waals surface area contributed by atoms with Crippen LogP contribution in [0.3, 0.4) is 0 Å². The molecule has 0 aliphatic heterocycles. The number of fused-ring (bicyclic) bond motifs is 1. The predicted molar refractivity (Wildman–Crippen MR) is 54.5 cm³/mol. The molecule has 0 saturated heterocycles. The van der Waals surface area contributed by atoms with Gasteiger partial charge in [0.15, 0.2) is 0 Å². The monoisotopic (exact) mass is 211 g/mol. The molecule has 0 amide bonds. The standard InChI is InChI=1S/C9H7ClFN3/c10-6-3-5-1-2-9(14-12)13-8(5)4-7(6)11/h1-4H,12H2,(H,13,14). The molecule has 0 aliphatic carbocycles. The molecule has 3 N–H and O–H groups in total. The topological polar surface area (TPSA) is 50.9 Å². The van der Waals surface area contributed by atoms with Crippen LogP contribution in [0.5, 0.6) is 0 Å². The van der Waals surface area contributed by atoms with Crippen LogP contribution < -0.4 is 11.3 Å². The summed E-state index contributed by atoms with van der Waals surface area (Å²) >= 11 is 5.62. The number of halogens is 2. The molecule has 3 nitrogen and oxygen atoms in total. The Morgan fingerprint density at radius 1 is 1.36 bits per heavy atom. The van der Waals surface area contributed by atoms with Gasteiger partial charge in [-0.25, -0.2) is 15.2 Å². The number of rotatable bonds is 1. The van der Waals surface area contributed by atoms with E-state index in [9.17, 15) is 4.39 Å². The maximum absolute atomic E-state index is 13.1. The predicted octanol–water partition coefficient (Wildman–Crippen LogP) is 2.31. The fourth-order valence-corrected chi connectivity index (χ4v) is 1.37. The van der Waals surface area contributed by atoms with E-state index in [2.05, 4.69) is 10.4 Å². The van der Waals surface area contributed by atoms with Crippen LogP contribution in [0.4, 0.5) is 10.2 Å². The number of nitrogens with zero attached hydrogens (tertiary/aromatic N) is 1. The molecule has 5 heteroatoms. The van der Waals surface area contributed by atoms with Gasteiger partial charge in [0.2, 0.25) is 0 Å². The lowest BCUT2D eigenvalue weighted by atomic mass is 10.2. The second kappa shape index (κ2) is 3.40. The summed E-state index contributed by atoms with van der Waals surface area (Å²) < 4.78 is 13.1. The van der Waals surface area contributed by atoms with Crippen molar-refractivity contribution in [3.63, 3.8) is 0 Å². The number of benzene rings is 1. The van der Waals surface area contributed by atoms with Gasteiger partial charge >= 0.3 is 0 Å². The van der Waals surface area contributed by atoms with E-state index >= 15 is 0 Å². The Labute approximate surface area is 84.7 Å². The van der Waals surface area contributed by atoms with Crippen molar-refractivity contribution >= 4 is 28.3 Å². The summed E-state index contributed by atoms with van der Waals surface area (Å²) in [6.07, 6.45) is 0. The van der Waals surface area contributed by atoms with Crippen LogP contribution in [0.2, 0.25) is 5.02 Å². The highest BCUT2D eigenvalue weighted by atomic mass is 35.5. The molecule has 0 unspecified atom stereocenters. The van der Waals surface area contributed by atoms with Gasteiger partial charge in [-0.1, -0.05) is 11.6 Å². The SMILES string of the molecule is NNc1ccc2cc(Cl)c(F)cc2n1. The largest absolute Gasteiger partial charge is 0.308 e. The minimum atomic E-state index is -0.485. The van der Waals surface area contributed by atoms with E-state index in [0.717, 1.165) is 5.39 Å². The van der Waals surface area contributed by atoms with Crippen molar-refractivity contribution in [3.05, 3.63) is 35.1 Å². The van der Waals surface area contributed by atoms with Crippen molar-refractivity contribution in [1.82, 2.24) is 4.98 Å². The Morgan fingerprint density at radius 2 is 2.14 bits per heavy atom. The first-order chi connectivity index (χ1) is 6.70. The Balaban J connectivity index is 2.70. The van der Waals surface area contributed by atoms with E-state index in [-0.39, 0.29) is 5.02 Å². The zero-order valence-electron chi connectivity index (χ0n) is 7.09. The first kappa shape index (κ1) is 9.18. The maximum Gasteiger partial charge on any atom is 0.143 e. The molecule has 0 saturated carbocycles. The first-order valence-corrected chi connectivity index (χ1v) is 4.31. The van der Waals surface area contributed by atoms with Gasteiger partial charge in [-0.15, -0.1) is 0 Å². The van der Waals surface area contributed by atoms with Crippen LogP contribution in [0, 0.1) is 5.82 Å². The number of anilines is 1. The highest BCUT2D eigenvalue weighted by molar-refractivity contribution is 6.31. The quantitative estimate of drug-likeness (QED) is 0.562. The Bertz CT molecular complexity index is 487. The lowest BCUT2D eigenvalue weighted by Crippen LogP contribution is -2.08. The van der Waals surface area contributed by atoms with Gasteiger partial charge in [-0.05, 0) is 18.2 Å². The zero-order chi connectivity index (χ0) is 10.1. The molecule has 2 aromatic rings. The average molecular weight is 212 g/mol. The Kier molecular flexibility index (Phi) is 2.23. The minimum absolute atomic E-state index is 0.0905. The molecule has 1 heterocycles. The van der Waals surface area contributed by atoms with E-state index in [0.29, 0.717) is 11.3 Å². The van der Waals surface area contributed by atoms with Crippen LogP contribution in [-0.4, -0.2) is 4.98 Å². The summed E-state index contributed by atoms with van der Waals surface area (Å²) in [6, 6.07) is 6.26. The van der Waals surface area contributed by atoms with Crippen LogP contribution in [0.15, 0.2) is 24.3 Å². The van der Waals surface area contributed by atoms with Gasteiger partial charge in [-0.2, -0.15) is 0 Å². The van der Waals surface area contributed by atoms with E-state index in [4.69, 9.17) is 17.4 Å². The summed E-state index contributed by atoms with van der Waals surface area (Å²) in [5, 5.41) is 0.864. The van der Waals surface area contributed by atoms with Crippen molar-refractivity contribution < 1.29 is 4.39 Å². The third-order valence-corrected chi connectivity index (χ3v) is 2.17. The number of aromatic nitrogens is 1. The number of pyridine rings is 1. The summed E-state index contributed by atoms with van der Waals surface area (Å²) in [7, 11) is 0. The number of nitrogens with one attached hydrogen (secondary N) is 1. The van der Waals surface area contributed by atoms with Crippen LogP contribution in [0.1, 0.15) is 0 Å². The van der Waals surface area contributed by atoms with Gasteiger partial charge in [0.1, 0.15) is 11.6 Å². The third-order valence-electron chi connectivity index (χ3n) is 1.88. The molecule has 0 spiro atoms. The maximum atomic E-state index is 13.1. The van der Waals surface area contributed by atoms with Crippen molar-refractivity contribution in [2.75, 3.05) is 5.43 Å². The molecule has 1 aromatic heterocycles. The molecule has 0 radical (unpaired) electrons. The van der Waals surface area contributed by atoms with Crippen LogP contribution >= 0.6 is 11.6 Å². The van der Waals surface area contributed by atoms with Crippen molar-refractivity contribution in [2.45, 2.75) is 0 Å². The van der Waals surface area contributed by atoms with Gasteiger partial charge in [0, 0.05) is 11.5 Å². The highest BCUT2D eigenvalue weighted by Crippen LogP contribution is 2.22. The lowest BCUT2D eigenvalue weighted by Gasteiger charge is -2.02. The molecule has 0 atom stereocenters. The molecular formula is C9H7ClFN3. The second-order valence-electron chi connectivity index (χ2n) is 2.80. The zero-order valence-corrected chi connectivity index (χ0v) is 7.85. The third kappa shape index (κ3) is 1.49. The van der Waals surface area contributed by atoms with Gasteiger partial charge in [0.05, 0.1) is 10.5 Å². The summed E-state index contributed by atoms with van der Waals surface area (Å²) in [5.74, 6) is 5.18. The Hall–Kier alpha value is -1.39. The highest BCUT2D eigenvalue weighted by Gasteiger charge is 2.03. The normalized spacial score (nSPS) is 10.5. The van der Waals surface area contributed by atoms with Gasteiger partial charge in [-0.3, -0.25) is 0 Å². The number of nitrogens with two attached hydrogens (primary N) is 1. The molecule has 0 fully saturated rings. The van der Waals surface area contributed by atoms with Gasteiger partial charge in [0.25, 0.3) is 0 Å². The average Bonchev–Trinajstić information content (AvgIpc) is 2.19. The minimum Gasteiger partial charge on any atom is -0.308 e. The molecule has 1 aromatic carbocycles. The molecule has 14 heavy (non-hydrogen) atoms. The fraction of sp³-hybridized carbons (Fsp3) is 0. The van der Waals surface area contributed by atoms with Crippen molar-refractivity contribution in [1.29, 1.82) is 0 Å². The molecule has 72 valence electrons. The van der Waals surface area contributed by atoms with Crippen molar-refractivity contribution in [2.24, 2.45) is 5.84 Å². The fourth-order valence-electron chi connectivity index (χ4n) is 1.20. The molecular weight excluding hydrogens is 205 g/mol. The summed E-state index contributed by atoms with van der Waals surface area (Å²) in [4.78, 5) is 4.06. The van der Waals surface area contributed by atoms with Gasteiger partial charge < -0.3 is 5.43 Å². The second-order valence-corrected chi connectivity index (χ2v) is 3.21. The van der Waals surface area contributed by atoms with Crippen LogP contribution in [0.25, 0.3) is 10.9 Å². The number of hydrazine groups is 1. The van der Waals surface area contributed by atoms with E-state index in [1.165, 1.54) is 12.1 Å².